The summed E-state index contributed by atoms with van der Waals surface area (Å²) in [7, 11) is 5.67. The molecule has 5 nitrogen and oxygen atoms in total. The maximum absolute atomic E-state index is 11.0. The van der Waals surface area contributed by atoms with Gasteiger partial charge in [-0.05, 0) is 6.92 Å². The SMILES string of the molecule is C=CC(=O)OC.CC/[P+]([O-])=C(\O)C[N+](C)(C)C. The van der Waals surface area contributed by atoms with E-state index in [0.717, 1.165) is 6.08 Å². The van der Waals surface area contributed by atoms with Gasteiger partial charge >= 0.3 is 5.97 Å². The molecule has 0 fully saturated rings. The Kier molecular flexibility index (Phi) is 10.2. The van der Waals surface area contributed by atoms with Crippen molar-refractivity contribution >= 4 is 19.2 Å². The fourth-order valence-corrected chi connectivity index (χ4v) is 1.72. The van der Waals surface area contributed by atoms with E-state index < -0.39 is 13.7 Å². The number of ether oxygens (including phenoxy) is 1. The highest BCUT2D eigenvalue weighted by Gasteiger charge is 2.15. The van der Waals surface area contributed by atoms with Crippen LogP contribution in [-0.4, -0.2) is 62.0 Å². The molecule has 1 atom stereocenters. The number of quaternary nitrogens is 1. The molecule has 6 heteroatoms. The molecular weight excluding hydrogens is 241 g/mol. The number of methoxy groups -OCH3 is 1. The molecule has 0 aromatic rings. The predicted molar refractivity (Wildman–Crippen MR) is 69.5 cm³/mol. The molecule has 0 aliphatic carbocycles. The lowest BCUT2D eigenvalue weighted by molar-refractivity contribution is -0.861. The molecule has 0 aliphatic heterocycles. The highest BCUT2D eigenvalue weighted by Crippen LogP contribution is 2.11. The Morgan fingerprint density at radius 1 is 1.53 bits per heavy atom. The third-order valence-electron chi connectivity index (χ3n) is 1.56. The molecule has 100 valence electrons. The summed E-state index contributed by atoms with van der Waals surface area (Å²) >= 11 is 0. The number of carbonyl (C=O) groups is 1. The zero-order valence-electron chi connectivity index (χ0n) is 11.3. The fourth-order valence-electron chi connectivity index (χ4n) is 0.769. The fraction of sp³-hybridized carbons (Fsp3) is 0.636. The van der Waals surface area contributed by atoms with Gasteiger partial charge in [0, 0.05) is 6.08 Å². The Balaban J connectivity index is 0. The summed E-state index contributed by atoms with van der Waals surface area (Å²) in [5.41, 5.74) is 0.134. The van der Waals surface area contributed by atoms with Crippen LogP contribution in [0.3, 0.4) is 0 Å². The smallest absolute Gasteiger partial charge is 0.329 e. The Bertz CT molecular complexity index is 282. The first kappa shape index (κ1) is 18.6. The first-order chi connectivity index (χ1) is 7.67. The van der Waals surface area contributed by atoms with Gasteiger partial charge in [-0.1, -0.05) is 6.58 Å². The zero-order valence-corrected chi connectivity index (χ0v) is 12.2. The van der Waals surface area contributed by atoms with E-state index in [1.54, 1.807) is 0 Å². The average molecular weight is 264 g/mol. The zero-order chi connectivity index (χ0) is 14.1. The molecule has 0 aliphatic rings. The van der Waals surface area contributed by atoms with Crippen LogP contribution in [0, 0.1) is 0 Å². The largest absolute Gasteiger partial charge is 0.629 e. The second-order valence-electron chi connectivity index (χ2n) is 4.29. The van der Waals surface area contributed by atoms with Crippen molar-refractivity contribution < 1.29 is 24.0 Å². The molecule has 0 heterocycles. The number of carbonyl (C=O) groups excluding carboxylic acids is 1. The van der Waals surface area contributed by atoms with Crippen molar-refractivity contribution in [1.82, 2.24) is 0 Å². The summed E-state index contributed by atoms with van der Waals surface area (Å²) in [6.07, 6.45) is 1.64. The molecule has 0 saturated heterocycles. The van der Waals surface area contributed by atoms with Gasteiger partial charge in [-0.3, -0.25) is 0 Å². The van der Waals surface area contributed by atoms with Gasteiger partial charge in [-0.2, -0.15) is 0 Å². The first-order valence-corrected chi connectivity index (χ1v) is 6.62. The maximum Gasteiger partial charge on any atom is 0.329 e. The molecule has 0 aromatic heterocycles. The van der Waals surface area contributed by atoms with E-state index in [1.807, 2.05) is 28.1 Å². The van der Waals surface area contributed by atoms with E-state index in [1.165, 1.54) is 7.11 Å². The molecule has 0 radical (unpaired) electrons. The van der Waals surface area contributed by atoms with Gasteiger partial charge < -0.3 is 19.2 Å². The lowest BCUT2D eigenvalue weighted by Gasteiger charge is -2.21. The van der Waals surface area contributed by atoms with Gasteiger partial charge in [-0.25, -0.2) is 4.79 Å². The highest BCUT2D eigenvalue weighted by molar-refractivity contribution is 7.51. The molecular formula is C11H23NO4P+. The lowest BCUT2D eigenvalue weighted by atomic mass is 10.5. The first-order valence-electron chi connectivity index (χ1n) is 5.18. The van der Waals surface area contributed by atoms with Crippen molar-refractivity contribution in [2.24, 2.45) is 0 Å². The minimum atomic E-state index is -1.50. The number of hydrogen-bond donors (Lipinski definition) is 1. The summed E-state index contributed by atoms with van der Waals surface area (Å²) in [5, 5.41) is 9.27. The van der Waals surface area contributed by atoms with Crippen LogP contribution in [0.1, 0.15) is 6.92 Å². The van der Waals surface area contributed by atoms with Crippen LogP contribution >= 0.6 is 7.77 Å². The maximum atomic E-state index is 11.0. The number of likely N-dealkylation sites (N-methyl/N-ethyl adjacent to an activating group) is 1. The number of esters is 1. The number of nitrogens with zero attached hydrogens (tertiary/aromatic N) is 1. The number of hydrogen-bond acceptors (Lipinski definition) is 3. The molecule has 1 unspecified atom stereocenters. The van der Waals surface area contributed by atoms with Gasteiger partial charge in [0.2, 0.25) is 0 Å². The monoisotopic (exact) mass is 264 g/mol. The standard InChI is InChI=1S/C7H16NO2P.C4H6O2/c1-5-11(10)7(9)6-8(2,3)4;1-3-4(5)6-2/h5-6H2,1-4H3;3H,1H2,2H3/p+1. The molecule has 0 rings (SSSR count). The minimum absolute atomic E-state index is 0.134. The van der Waals surface area contributed by atoms with Gasteiger partial charge in [-0.15, -0.1) is 0 Å². The average Bonchev–Trinajstić information content (AvgIpc) is 2.25. The second-order valence-corrected chi connectivity index (χ2v) is 6.19. The van der Waals surface area contributed by atoms with Crippen molar-refractivity contribution in [2.75, 3.05) is 41.0 Å². The molecule has 0 bridgehead atoms. The number of rotatable bonds is 4. The van der Waals surface area contributed by atoms with E-state index in [2.05, 4.69) is 11.3 Å². The summed E-state index contributed by atoms with van der Waals surface area (Å²) in [6, 6.07) is 0. The Morgan fingerprint density at radius 2 is 2.00 bits per heavy atom. The molecule has 1 N–H and O–H groups in total. The van der Waals surface area contributed by atoms with E-state index in [4.69, 9.17) is 0 Å². The van der Waals surface area contributed by atoms with Crippen molar-refractivity contribution in [3.8, 4) is 0 Å². The number of aliphatic hydroxyl groups is 1. The minimum Gasteiger partial charge on any atom is -0.629 e. The van der Waals surface area contributed by atoms with Crippen molar-refractivity contribution in [1.29, 1.82) is 0 Å². The van der Waals surface area contributed by atoms with Crippen LogP contribution in [0.5, 0.6) is 0 Å². The van der Waals surface area contributed by atoms with Crippen LogP contribution < -0.4 is 4.89 Å². The Hall–Kier alpha value is -0.740. The summed E-state index contributed by atoms with van der Waals surface area (Å²) in [6.45, 7) is 5.44. The third kappa shape index (κ3) is 13.2. The Morgan fingerprint density at radius 3 is 2.18 bits per heavy atom. The van der Waals surface area contributed by atoms with Crippen LogP contribution in [-0.2, 0) is 9.53 Å². The lowest BCUT2D eigenvalue weighted by Crippen LogP contribution is -2.39. The van der Waals surface area contributed by atoms with E-state index in [-0.39, 0.29) is 5.48 Å². The quantitative estimate of drug-likeness (QED) is 0.343. The topological polar surface area (TPSA) is 69.6 Å². The molecule has 0 amide bonds. The second kappa shape index (κ2) is 9.31. The summed E-state index contributed by atoms with van der Waals surface area (Å²) in [4.78, 5) is 20.9. The van der Waals surface area contributed by atoms with Gasteiger partial charge in [0.05, 0.1) is 36.0 Å². The third-order valence-corrected chi connectivity index (χ3v) is 2.85. The van der Waals surface area contributed by atoms with Crippen LogP contribution in [0.15, 0.2) is 12.7 Å². The van der Waals surface area contributed by atoms with Crippen LogP contribution in [0.4, 0.5) is 0 Å². The predicted octanol–water partition coefficient (Wildman–Crippen LogP) is 0.318. The van der Waals surface area contributed by atoms with Crippen molar-refractivity contribution in [3.63, 3.8) is 0 Å². The Labute approximate surface area is 104 Å². The van der Waals surface area contributed by atoms with Gasteiger partial charge in [0.25, 0.3) is 5.48 Å². The van der Waals surface area contributed by atoms with E-state index in [9.17, 15) is 14.8 Å². The molecule has 17 heavy (non-hydrogen) atoms. The molecule has 0 spiro atoms. The molecule has 0 saturated carbocycles. The van der Waals surface area contributed by atoms with Crippen molar-refractivity contribution in [2.45, 2.75) is 6.92 Å². The summed E-state index contributed by atoms with van der Waals surface area (Å²) in [5.74, 6) is -0.394. The number of aliphatic hydroxyl groups excluding tert-OH is 1. The van der Waals surface area contributed by atoms with Crippen molar-refractivity contribution in [3.05, 3.63) is 12.7 Å². The normalized spacial score (nSPS) is 11.9. The molecule has 0 aromatic carbocycles. The van der Waals surface area contributed by atoms with Crippen LogP contribution in [0.2, 0.25) is 0 Å². The van der Waals surface area contributed by atoms with Gasteiger partial charge in [0.1, 0.15) is 6.16 Å². The van der Waals surface area contributed by atoms with Crippen LogP contribution in [0.25, 0.3) is 0 Å². The highest BCUT2D eigenvalue weighted by atomic mass is 31.1. The van der Waals surface area contributed by atoms with Gasteiger partial charge in [0.15, 0.2) is 6.54 Å². The van der Waals surface area contributed by atoms with E-state index >= 15 is 0 Å². The van der Waals surface area contributed by atoms with E-state index in [0.29, 0.717) is 17.2 Å². The summed E-state index contributed by atoms with van der Waals surface area (Å²) < 4.78 is 4.76.